The van der Waals surface area contributed by atoms with Crippen molar-refractivity contribution in [1.82, 2.24) is 4.98 Å². The molecule has 1 aromatic rings. The van der Waals surface area contributed by atoms with E-state index in [9.17, 15) is 0 Å². The van der Waals surface area contributed by atoms with Crippen molar-refractivity contribution in [2.75, 3.05) is 11.9 Å². The first-order valence-electron chi connectivity index (χ1n) is 7.08. The Kier molecular flexibility index (Phi) is 4.21. The fourth-order valence-electron chi connectivity index (χ4n) is 1.95. The number of hydrogen-bond acceptors (Lipinski definition) is 4. The molecule has 1 N–H and O–H groups in total. The molecule has 1 fully saturated rings. The van der Waals surface area contributed by atoms with Crippen molar-refractivity contribution >= 4 is 19.0 Å². The van der Waals surface area contributed by atoms with E-state index < -0.39 is 0 Å². The standard InChI is InChI=1S/C15H23BN2O2/c1-6-17-13-8-7-12(11-18-13)9-10-16-19-14(2,3)15(4,5)20-16/h7-11H,6H2,1-5H3,(H,17,18)/b10-9+. The van der Waals surface area contributed by atoms with E-state index in [4.69, 9.17) is 9.31 Å². The van der Waals surface area contributed by atoms with Gasteiger partial charge in [0.2, 0.25) is 0 Å². The second kappa shape index (κ2) is 5.58. The van der Waals surface area contributed by atoms with Crippen molar-refractivity contribution in [2.45, 2.75) is 45.8 Å². The van der Waals surface area contributed by atoms with Crippen LogP contribution in [-0.2, 0) is 9.31 Å². The van der Waals surface area contributed by atoms with Crippen LogP contribution in [-0.4, -0.2) is 29.8 Å². The lowest BCUT2D eigenvalue weighted by Gasteiger charge is -2.32. The van der Waals surface area contributed by atoms with E-state index in [1.165, 1.54) is 0 Å². The molecule has 1 aromatic heterocycles. The number of pyridine rings is 1. The van der Waals surface area contributed by atoms with Crippen molar-refractivity contribution in [3.8, 4) is 0 Å². The van der Waals surface area contributed by atoms with Gasteiger partial charge in [-0.05, 0) is 52.3 Å². The minimum absolute atomic E-state index is 0.296. The maximum absolute atomic E-state index is 5.91. The second-order valence-corrected chi connectivity index (χ2v) is 5.99. The molecular formula is C15H23BN2O2. The predicted molar refractivity (Wildman–Crippen MR) is 83.5 cm³/mol. The third-order valence-corrected chi connectivity index (χ3v) is 3.86. The summed E-state index contributed by atoms with van der Waals surface area (Å²) in [5.74, 6) is 2.82. The molecule has 0 radical (unpaired) electrons. The molecule has 20 heavy (non-hydrogen) atoms. The van der Waals surface area contributed by atoms with E-state index in [1.54, 1.807) is 0 Å². The van der Waals surface area contributed by atoms with Crippen LogP contribution in [0, 0.1) is 0 Å². The summed E-state index contributed by atoms with van der Waals surface area (Å²) >= 11 is 0. The Bertz CT molecular complexity index is 467. The number of rotatable bonds is 4. The smallest absolute Gasteiger partial charge is 0.400 e. The van der Waals surface area contributed by atoms with Crippen LogP contribution < -0.4 is 5.32 Å². The third-order valence-electron chi connectivity index (χ3n) is 3.86. The zero-order valence-corrected chi connectivity index (χ0v) is 12.9. The van der Waals surface area contributed by atoms with E-state index in [0.717, 1.165) is 17.9 Å². The van der Waals surface area contributed by atoms with Crippen LogP contribution in [0.2, 0.25) is 0 Å². The zero-order valence-electron chi connectivity index (χ0n) is 12.9. The Morgan fingerprint density at radius 2 is 1.85 bits per heavy atom. The topological polar surface area (TPSA) is 43.4 Å². The van der Waals surface area contributed by atoms with Crippen LogP contribution in [0.4, 0.5) is 5.82 Å². The minimum atomic E-state index is -0.312. The Hall–Kier alpha value is -1.33. The lowest BCUT2D eigenvalue weighted by molar-refractivity contribution is 0.00578. The molecule has 2 heterocycles. The predicted octanol–water partition coefficient (Wildman–Crippen LogP) is 3.16. The molecule has 0 unspecified atom stereocenters. The monoisotopic (exact) mass is 274 g/mol. The van der Waals surface area contributed by atoms with Crippen LogP contribution in [0.25, 0.3) is 6.08 Å². The van der Waals surface area contributed by atoms with E-state index in [2.05, 4.69) is 10.3 Å². The summed E-state index contributed by atoms with van der Waals surface area (Å²) in [5.41, 5.74) is 0.436. The van der Waals surface area contributed by atoms with Crippen molar-refractivity contribution < 1.29 is 9.31 Å². The maximum atomic E-state index is 5.91. The summed E-state index contributed by atoms with van der Waals surface area (Å²) in [6.45, 7) is 11.1. The summed E-state index contributed by atoms with van der Waals surface area (Å²) in [5, 5.41) is 3.17. The highest BCUT2D eigenvalue weighted by molar-refractivity contribution is 6.52. The maximum Gasteiger partial charge on any atom is 0.487 e. The third kappa shape index (κ3) is 3.22. The highest BCUT2D eigenvalue weighted by Gasteiger charge is 2.49. The van der Waals surface area contributed by atoms with Gasteiger partial charge in [-0.2, -0.15) is 0 Å². The van der Waals surface area contributed by atoms with Crippen molar-refractivity contribution in [3.05, 3.63) is 29.9 Å². The van der Waals surface area contributed by atoms with Crippen molar-refractivity contribution in [2.24, 2.45) is 0 Å². The van der Waals surface area contributed by atoms with Gasteiger partial charge in [-0.25, -0.2) is 4.98 Å². The first kappa shape index (κ1) is 15.1. The van der Waals surface area contributed by atoms with Crippen LogP contribution >= 0.6 is 0 Å². The molecule has 5 heteroatoms. The number of nitrogens with zero attached hydrogens (tertiary/aromatic N) is 1. The van der Waals surface area contributed by atoms with Crippen LogP contribution in [0.5, 0.6) is 0 Å². The highest BCUT2D eigenvalue weighted by atomic mass is 16.7. The van der Waals surface area contributed by atoms with Gasteiger partial charge in [0.25, 0.3) is 0 Å². The van der Waals surface area contributed by atoms with Gasteiger partial charge in [-0.1, -0.05) is 12.1 Å². The van der Waals surface area contributed by atoms with E-state index in [1.807, 2.05) is 65.0 Å². The Labute approximate surface area is 121 Å². The Balaban J connectivity index is 2.00. The van der Waals surface area contributed by atoms with Crippen LogP contribution in [0.15, 0.2) is 24.3 Å². The average molecular weight is 274 g/mol. The minimum Gasteiger partial charge on any atom is -0.400 e. The molecule has 0 saturated carbocycles. The molecule has 1 aliphatic rings. The molecule has 0 aliphatic carbocycles. The molecular weight excluding hydrogens is 251 g/mol. The fraction of sp³-hybridized carbons (Fsp3) is 0.533. The van der Waals surface area contributed by atoms with Crippen LogP contribution in [0.3, 0.4) is 0 Å². The summed E-state index contributed by atoms with van der Waals surface area (Å²) in [7, 11) is -0.312. The second-order valence-electron chi connectivity index (χ2n) is 5.99. The number of nitrogens with one attached hydrogen (secondary N) is 1. The summed E-state index contributed by atoms with van der Waals surface area (Å²) in [6, 6.07) is 3.99. The van der Waals surface area contributed by atoms with Gasteiger partial charge in [0.05, 0.1) is 11.2 Å². The zero-order chi connectivity index (χ0) is 14.8. The molecule has 1 aliphatic heterocycles. The van der Waals surface area contributed by atoms with Gasteiger partial charge in [0, 0.05) is 12.7 Å². The number of hydrogen-bond donors (Lipinski definition) is 1. The highest BCUT2D eigenvalue weighted by Crippen LogP contribution is 2.36. The quantitative estimate of drug-likeness (QED) is 0.856. The Morgan fingerprint density at radius 3 is 2.35 bits per heavy atom. The van der Waals surface area contributed by atoms with Crippen LogP contribution in [0.1, 0.15) is 40.2 Å². The summed E-state index contributed by atoms with van der Waals surface area (Å²) in [4.78, 5) is 4.33. The van der Waals surface area contributed by atoms with Gasteiger partial charge >= 0.3 is 7.12 Å². The molecule has 4 nitrogen and oxygen atoms in total. The first-order valence-corrected chi connectivity index (χ1v) is 7.08. The lowest BCUT2D eigenvalue weighted by Crippen LogP contribution is -2.41. The Morgan fingerprint density at radius 1 is 1.20 bits per heavy atom. The van der Waals surface area contributed by atoms with Gasteiger partial charge in [-0.3, -0.25) is 0 Å². The molecule has 0 bridgehead atoms. The molecule has 2 rings (SSSR count). The SMILES string of the molecule is CCNc1ccc(/C=C/B2OC(C)(C)C(C)(C)O2)cn1. The molecule has 0 atom stereocenters. The van der Waals surface area contributed by atoms with Crippen molar-refractivity contribution in [1.29, 1.82) is 0 Å². The molecule has 108 valence electrons. The van der Waals surface area contributed by atoms with Crippen molar-refractivity contribution in [3.63, 3.8) is 0 Å². The number of anilines is 1. The average Bonchev–Trinajstić information content (AvgIpc) is 2.57. The van der Waals surface area contributed by atoms with Gasteiger partial charge < -0.3 is 14.6 Å². The van der Waals surface area contributed by atoms with Gasteiger partial charge in [-0.15, -0.1) is 0 Å². The first-order chi connectivity index (χ1) is 9.34. The van der Waals surface area contributed by atoms with E-state index in [0.29, 0.717) is 0 Å². The molecule has 0 spiro atoms. The van der Waals surface area contributed by atoms with Gasteiger partial charge in [0.15, 0.2) is 0 Å². The number of aromatic nitrogens is 1. The molecule has 1 saturated heterocycles. The fourth-order valence-corrected chi connectivity index (χ4v) is 1.95. The molecule has 0 aromatic carbocycles. The summed E-state index contributed by atoms with van der Waals surface area (Å²) in [6.07, 6.45) is 3.81. The van der Waals surface area contributed by atoms with E-state index >= 15 is 0 Å². The summed E-state index contributed by atoms with van der Waals surface area (Å²) < 4.78 is 11.8. The largest absolute Gasteiger partial charge is 0.487 e. The van der Waals surface area contributed by atoms with Gasteiger partial charge in [0.1, 0.15) is 5.82 Å². The lowest BCUT2D eigenvalue weighted by atomic mass is 9.89. The normalized spacial score (nSPS) is 20.6. The molecule has 0 amide bonds. The van der Waals surface area contributed by atoms with E-state index in [-0.39, 0.29) is 18.3 Å².